The van der Waals surface area contributed by atoms with Crippen LogP contribution in [0.15, 0.2) is 60.7 Å². The Labute approximate surface area is 164 Å². The Morgan fingerprint density at radius 1 is 1.00 bits per heavy atom. The van der Waals surface area contributed by atoms with Crippen molar-refractivity contribution in [3.8, 4) is 0 Å². The van der Waals surface area contributed by atoms with E-state index < -0.39 is 41.4 Å². The summed E-state index contributed by atoms with van der Waals surface area (Å²) in [4.78, 5) is 38.9. The van der Waals surface area contributed by atoms with Crippen LogP contribution in [0.5, 0.6) is 0 Å². The highest BCUT2D eigenvalue weighted by Crippen LogP contribution is 2.33. The van der Waals surface area contributed by atoms with Crippen molar-refractivity contribution in [2.45, 2.75) is 12.5 Å². The number of fused-ring (bicyclic) bond motifs is 1. The number of amides is 3. The zero-order valence-corrected chi connectivity index (χ0v) is 15.4. The second kappa shape index (κ2) is 6.77. The third-order valence-electron chi connectivity index (χ3n) is 5.15. The van der Waals surface area contributed by atoms with Gasteiger partial charge in [0.25, 0.3) is 5.91 Å². The van der Waals surface area contributed by atoms with Crippen LogP contribution in [0.2, 0.25) is 0 Å². The van der Waals surface area contributed by atoms with Gasteiger partial charge in [0.2, 0.25) is 0 Å². The first kappa shape index (κ1) is 18.7. The smallest absolute Gasteiger partial charge is 0.319 e. The average molecular weight is 394 g/mol. The van der Waals surface area contributed by atoms with Crippen molar-refractivity contribution in [2.24, 2.45) is 0 Å². The number of carbonyl (C=O) groups excluding carboxylic acids is 3. The number of halogens is 2. The summed E-state index contributed by atoms with van der Waals surface area (Å²) in [5, 5.41) is 4.38. The number of urea groups is 1. The lowest BCUT2D eigenvalue weighted by atomic mass is 9.88. The van der Waals surface area contributed by atoms with Gasteiger partial charge in [0.15, 0.2) is 17.4 Å². The highest BCUT2D eigenvalue weighted by atomic mass is 19.2. The van der Waals surface area contributed by atoms with Gasteiger partial charge in [-0.25, -0.2) is 13.6 Å². The normalized spacial score (nSPS) is 18.9. The van der Waals surface area contributed by atoms with Crippen LogP contribution >= 0.6 is 0 Å². The Hall–Kier alpha value is -3.61. The number of carbonyl (C=O) groups is 3. The molecule has 7 heteroatoms. The maximum atomic E-state index is 13.4. The molecule has 0 aromatic heterocycles. The molecule has 0 spiro atoms. The summed E-state index contributed by atoms with van der Waals surface area (Å²) < 4.78 is 26.5. The zero-order chi connectivity index (χ0) is 20.8. The van der Waals surface area contributed by atoms with Gasteiger partial charge in [-0.05, 0) is 41.5 Å². The van der Waals surface area contributed by atoms with E-state index in [1.165, 1.54) is 0 Å². The maximum Gasteiger partial charge on any atom is 0.325 e. The first-order valence-electron chi connectivity index (χ1n) is 8.92. The fourth-order valence-corrected chi connectivity index (χ4v) is 3.59. The first-order valence-corrected chi connectivity index (χ1v) is 8.92. The van der Waals surface area contributed by atoms with Crippen LogP contribution in [0.1, 0.15) is 22.8 Å². The van der Waals surface area contributed by atoms with E-state index >= 15 is 0 Å². The standard InChI is InChI=1S/C22H16F2N2O3/c1-22(16-8-4-6-13-5-2-3-7-15(13)16)20(28)26(21(29)25-22)12-19(27)14-9-10-17(23)18(24)11-14/h2-11H,12H2,1H3,(H,25,29)/t22-/m0/s1. The van der Waals surface area contributed by atoms with Gasteiger partial charge >= 0.3 is 6.03 Å². The van der Waals surface area contributed by atoms with Crippen LogP contribution in [0.4, 0.5) is 13.6 Å². The molecule has 1 aliphatic heterocycles. The molecule has 0 unspecified atom stereocenters. The Kier molecular flexibility index (Phi) is 4.38. The Balaban J connectivity index is 1.66. The van der Waals surface area contributed by atoms with Crippen LogP contribution < -0.4 is 5.32 Å². The van der Waals surface area contributed by atoms with Crippen molar-refractivity contribution in [3.63, 3.8) is 0 Å². The molecule has 5 nitrogen and oxygen atoms in total. The lowest BCUT2D eigenvalue weighted by Crippen LogP contribution is -2.41. The number of Topliss-reactive ketones (excluding diaryl/α,β-unsaturated/α-hetero) is 1. The van der Waals surface area contributed by atoms with Gasteiger partial charge in [-0.1, -0.05) is 42.5 Å². The van der Waals surface area contributed by atoms with Gasteiger partial charge in [0.1, 0.15) is 5.54 Å². The minimum Gasteiger partial charge on any atom is -0.319 e. The summed E-state index contributed by atoms with van der Waals surface area (Å²) in [7, 11) is 0. The van der Waals surface area contributed by atoms with Gasteiger partial charge in [0.05, 0.1) is 6.54 Å². The van der Waals surface area contributed by atoms with Crippen LogP contribution in [0, 0.1) is 11.6 Å². The highest BCUT2D eigenvalue weighted by Gasteiger charge is 2.50. The van der Waals surface area contributed by atoms with E-state index in [2.05, 4.69) is 5.32 Å². The van der Waals surface area contributed by atoms with E-state index in [0.717, 1.165) is 33.9 Å². The second-order valence-corrected chi connectivity index (χ2v) is 7.03. The van der Waals surface area contributed by atoms with Crippen molar-refractivity contribution >= 4 is 28.5 Å². The summed E-state index contributed by atoms with van der Waals surface area (Å²) in [6.07, 6.45) is 0. The lowest BCUT2D eigenvalue weighted by molar-refractivity contribution is -0.130. The van der Waals surface area contributed by atoms with Crippen molar-refractivity contribution < 1.29 is 23.2 Å². The van der Waals surface area contributed by atoms with Crippen LogP contribution in [-0.4, -0.2) is 29.2 Å². The molecule has 3 amide bonds. The highest BCUT2D eigenvalue weighted by molar-refractivity contribution is 6.12. The molecule has 1 aliphatic rings. The summed E-state index contributed by atoms with van der Waals surface area (Å²) in [6.45, 7) is 1.01. The SMILES string of the molecule is C[C@@]1(c2cccc3ccccc23)NC(=O)N(CC(=O)c2ccc(F)c(F)c2)C1=O. The molecule has 3 aromatic carbocycles. The zero-order valence-electron chi connectivity index (χ0n) is 15.4. The number of nitrogens with one attached hydrogen (secondary N) is 1. The summed E-state index contributed by atoms with van der Waals surface area (Å²) in [5.74, 6) is -3.52. The van der Waals surface area contributed by atoms with E-state index in [9.17, 15) is 23.2 Å². The van der Waals surface area contributed by atoms with Crippen molar-refractivity contribution in [1.29, 1.82) is 0 Å². The minimum atomic E-state index is -1.35. The van der Waals surface area contributed by atoms with E-state index in [1.807, 2.05) is 30.3 Å². The quantitative estimate of drug-likeness (QED) is 0.541. The molecular formula is C22H16F2N2O3. The van der Waals surface area contributed by atoms with Crippen molar-refractivity contribution in [2.75, 3.05) is 6.54 Å². The third kappa shape index (κ3) is 3.04. The number of hydrogen-bond donors (Lipinski definition) is 1. The van der Waals surface area contributed by atoms with E-state index in [-0.39, 0.29) is 5.56 Å². The maximum absolute atomic E-state index is 13.4. The van der Waals surface area contributed by atoms with Gasteiger partial charge in [-0.2, -0.15) is 0 Å². The third-order valence-corrected chi connectivity index (χ3v) is 5.15. The van der Waals surface area contributed by atoms with E-state index in [0.29, 0.717) is 5.56 Å². The fraction of sp³-hybridized carbons (Fsp3) is 0.136. The van der Waals surface area contributed by atoms with Crippen LogP contribution in [0.3, 0.4) is 0 Å². The molecule has 1 saturated heterocycles. The molecule has 29 heavy (non-hydrogen) atoms. The summed E-state index contributed by atoms with van der Waals surface area (Å²) in [6, 6.07) is 14.9. The van der Waals surface area contributed by atoms with E-state index in [4.69, 9.17) is 0 Å². The number of benzene rings is 3. The van der Waals surface area contributed by atoms with Crippen molar-refractivity contribution in [1.82, 2.24) is 10.2 Å². The number of ketones is 1. The topological polar surface area (TPSA) is 66.5 Å². The molecule has 1 heterocycles. The molecule has 0 aliphatic carbocycles. The Bertz CT molecular complexity index is 1170. The van der Waals surface area contributed by atoms with Crippen molar-refractivity contribution in [3.05, 3.63) is 83.4 Å². The number of hydrogen-bond acceptors (Lipinski definition) is 3. The van der Waals surface area contributed by atoms with Gasteiger partial charge in [0, 0.05) is 5.56 Å². The lowest BCUT2D eigenvalue weighted by Gasteiger charge is -2.24. The summed E-state index contributed by atoms with van der Waals surface area (Å²) >= 11 is 0. The predicted molar refractivity (Wildman–Crippen MR) is 102 cm³/mol. The molecule has 146 valence electrons. The Morgan fingerprint density at radius 2 is 1.72 bits per heavy atom. The molecule has 0 radical (unpaired) electrons. The minimum absolute atomic E-state index is 0.122. The molecular weight excluding hydrogens is 378 g/mol. The molecule has 1 atom stereocenters. The fourth-order valence-electron chi connectivity index (χ4n) is 3.59. The molecule has 0 bridgehead atoms. The van der Waals surface area contributed by atoms with Gasteiger partial charge in [-0.3, -0.25) is 14.5 Å². The molecule has 0 saturated carbocycles. The number of nitrogens with zero attached hydrogens (tertiary/aromatic N) is 1. The van der Waals surface area contributed by atoms with Crippen LogP contribution in [-0.2, 0) is 10.3 Å². The monoisotopic (exact) mass is 394 g/mol. The molecule has 3 aromatic rings. The molecule has 1 N–H and O–H groups in total. The van der Waals surface area contributed by atoms with Crippen LogP contribution in [0.25, 0.3) is 10.8 Å². The average Bonchev–Trinajstić information content (AvgIpc) is 2.93. The van der Waals surface area contributed by atoms with Gasteiger partial charge in [-0.15, -0.1) is 0 Å². The number of imide groups is 1. The Morgan fingerprint density at radius 3 is 2.48 bits per heavy atom. The first-order chi connectivity index (χ1) is 13.8. The molecule has 1 fully saturated rings. The van der Waals surface area contributed by atoms with Gasteiger partial charge < -0.3 is 5.32 Å². The molecule has 4 rings (SSSR count). The predicted octanol–water partition coefficient (Wildman–Crippen LogP) is 3.77. The second-order valence-electron chi connectivity index (χ2n) is 7.03. The van der Waals surface area contributed by atoms with E-state index in [1.54, 1.807) is 19.1 Å². The number of rotatable bonds is 4. The summed E-state index contributed by atoms with van der Waals surface area (Å²) in [5.41, 5.74) is -0.869. The largest absolute Gasteiger partial charge is 0.325 e.